The van der Waals surface area contributed by atoms with E-state index in [1.807, 2.05) is 49.4 Å². The second-order valence-corrected chi connectivity index (χ2v) is 9.29. The van der Waals surface area contributed by atoms with Crippen LogP contribution in [0.5, 0.6) is 0 Å². The number of nitro benzene ring substituents is 1. The van der Waals surface area contributed by atoms with Crippen LogP contribution in [0.1, 0.15) is 16.7 Å². The fraction of sp³-hybridized carbons (Fsp3) is 0.143. The molecule has 8 heteroatoms. The minimum atomic E-state index is -3.94. The smallest absolute Gasteiger partial charge is 0.273 e. The molecule has 29 heavy (non-hydrogen) atoms. The van der Waals surface area contributed by atoms with E-state index in [0.717, 1.165) is 27.8 Å². The number of hydrogen-bond acceptors (Lipinski definition) is 5. The maximum absolute atomic E-state index is 12.7. The summed E-state index contributed by atoms with van der Waals surface area (Å²) < 4.78 is 27.9. The molecule has 0 aliphatic carbocycles. The van der Waals surface area contributed by atoms with Gasteiger partial charge in [-0.2, -0.15) is 0 Å². The molecule has 1 N–H and O–H groups in total. The van der Waals surface area contributed by atoms with Crippen molar-refractivity contribution >= 4 is 33.2 Å². The fourth-order valence-electron chi connectivity index (χ4n) is 2.77. The van der Waals surface area contributed by atoms with Crippen LogP contribution < -0.4 is 4.72 Å². The highest BCUT2D eigenvalue weighted by Crippen LogP contribution is 2.27. The van der Waals surface area contributed by atoms with Crippen LogP contribution in [0, 0.1) is 24.0 Å². The Balaban J connectivity index is 1.77. The lowest BCUT2D eigenvalue weighted by Gasteiger charge is -2.12. The molecule has 0 amide bonds. The topological polar surface area (TPSA) is 89.3 Å². The predicted octanol–water partition coefficient (Wildman–Crippen LogP) is 5.30. The number of aryl methyl sites for hydroxylation is 2. The Labute approximate surface area is 174 Å². The van der Waals surface area contributed by atoms with Crippen LogP contribution in [0.25, 0.3) is 0 Å². The molecule has 0 fully saturated rings. The van der Waals surface area contributed by atoms with Crippen LogP contribution in [-0.2, 0) is 15.8 Å². The Kier molecular flexibility index (Phi) is 6.24. The number of nitrogens with zero attached hydrogens (tertiary/aromatic N) is 1. The van der Waals surface area contributed by atoms with Gasteiger partial charge in [0.2, 0.25) is 0 Å². The minimum Gasteiger partial charge on any atom is -0.279 e. The third-order valence-electron chi connectivity index (χ3n) is 4.37. The van der Waals surface area contributed by atoms with E-state index in [1.54, 1.807) is 24.8 Å². The van der Waals surface area contributed by atoms with E-state index in [1.165, 1.54) is 12.1 Å². The van der Waals surface area contributed by atoms with E-state index >= 15 is 0 Å². The molecule has 0 saturated heterocycles. The Morgan fingerprint density at radius 1 is 0.966 bits per heavy atom. The van der Waals surface area contributed by atoms with Crippen LogP contribution in [0.4, 0.5) is 11.4 Å². The van der Waals surface area contributed by atoms with Gasteiger partial charge in [0.05, 0.1) is 15.5 Å². The summed E-state index contributed by atoms with van der Waals surface area (Å²) in [6, 6.07) is 19.4. The first-order chi connectivity index (χ1) is 13.8. The Morgan fingerprint density at radius 2 is 1.69 bits per heavy atom. The van der Waals surface area contributed by atoms with Crippen LogP contribution in [0.2, 0.25) is 0 Å². The first-order valence-electron chi connectivity index (χ1n) is 8.81. The van der Waals surface area contributed by atoms with Crippen molar-refractivity contribution in [1.29, 1.82) is 0 Å². The maximum atomic E-state index is 12.7. The number of thioether (sulfide) groups is 1. The van der Waals surface area contributed by atoms with Crippen molar-refractivity contribution in [1.82, 2.24) is 0 Å². The van der Waals surface area contributed by atoms with Crippen molar-refractivity contribution in [2.45, 2.75) is 29.4 Å². The van der Waals surface area contributed by atoms with E-state index in [-0.39, 0.29) is 10.6 Å². The maximum Gasteiger partial charge on any atom is 0.273 e. The first kappa shape index (κ1) is 20.9. The number of benzene rings is 3. The van der Waals surface area contributed by atoms with E-state index in [2.05, 4.69) is 4.72 Å². The van der Waals surface area contributed by atoms with Gasteiger partial charge in [0.15, 0.2) is 0 Å². The number of sulfonamides is 1. The minimum absolute atomic E-state index is 0.141. The van der Waals surface area contributed by atoms with Gasteiger partial charge in [-0.1, -0.05) is 36.4 Å². The Morgan fingerprint density at radius 3 is 2.34 bits per heavy atom. The van der Waals surface area contributed by atoms with Crippen LogP contribution in [0.3, 0.4) is 0 Å². The zero-order valence-electron chi connectivity index (χ0n) is 16.0. The van der Waals surface area contributed by atoms with Gasteiger partial charge < -0.3 is 0 Å². The predicted molar refractivity (Wildman–Crippen MR) is 116 cm³/mol. The SMILES string of the molecule is Cc1cc(CSc2ccccc2)ccc1NS(=O)(=O)c1ccc(C)c([N+](=O)[O-])c1. The second-order valence-electron chi connectivity index (χ2n) is 6.56. The monoisotopic (exact) mass is 428 g/mol. The molecule has 0 aliphatic heterocycles. The van der Waals surface area contributed by atoms with Crippen molar-refractivity contribution in [3.8, 4) is 0 Å². The van der Waals surface area contributed by atoms with Gasteiger partial charge in [-0.15, -0.1) is 11.8 Å². The average Bonchev–Trinajstić information content (AvgIpc) is 2.69. The molecular weight excluding hydrogens is 408 g/mol. The van der Waals surface area contributed by atoms with E-state index in [4.69, 9.17) is 0 Å². The summed E-state index contributed by atoms with van der Waals surface area (Å²) in [6.45, 7) is 3.39. The van der Waals surface area contributed by atoms with Gasteiger partial charge in [0, 0.05) is 22.3 Å². The van der Waals surface area contributed by atoms with Crippen LogP contribution >= 0.6 is 11.8 Å². The molecule has 3 aromatic carbocycles. The molecule has 3 aromatic rings. The molecule has 150 valence electrons. The van der Waals surface area contributed by atoms with Gasteiger partial charge in [-0.3, -0.25) is 14.8 Å². The summed E-state index contributed by atoms with van der Waals surface area (Å²) in [5.41, 5.74) is 2.48. The molecule has 3 rings (SSSR count). The zero-order chi connectivity index (χ0) is 21.0. The molecule has 0 bridgehead atoms. The average molecular weight is 429 g/mol. The van der Waals surface area contributed by atoms with E-state index in [9.17, 15) is 18.5 Å². The summed E-state index contributed by atoms with van der Waals surface area (Å²) in [6.07, 6.45) is 0. The van der Waals surface area contributed by atoms with Crippen molar-refractivity contribution in [3.05, 3.63) is 93.5 Å². The first-order valence-corrected chi connectivity index (χ1v) is 11.3. The Hall–Kier alpha value is -2.84. The Bertz CT molecular complexity index is 1150. The van der Waals surface area contributed by atoms with Crippen molar-refractivity contribution in [2.75, 3.05) is 4.72 Å². The third-order valence-corrected chi connectivity index (χ3v) is 6.82. The molecule has 0 saturated carbocycles. The molecule has 0 radical (unpaired) electrons. The highest BCUT2D eigenvalue weighted by Gasteiger charge is 2.20. The lowest BCUT2D eigenvalue weighted by Crippen LogP contribution is -2.14. The van der Waals surface area contributed by atoms with Gasteiger partial charge >= 0.3 is 0 Å². The standard InChI is InChI=1S/C21H20N2O4S2/c1-15-8-10-19(13-21(15)23(24)25)29(26,27)22-20-11-9-17(12-16(20)2)14-28-18-6-4-3-5-7-18/h3-13,22H,14H2,1-2H3. The van der Waals surface area contributed by atoms with E-state index in [0.29, 0.717) is 11.3 Å². The molecule has 0 heterocycles. The van der Waals surface area contributed by atoms with Gasteiger partial charge in [-0.25, -0.2) is 8.42 Å². The molecule has 0 unspecified atom stereocenters. The molecule has 0 aromatic heterocycles. The number of rotatable bonds is 7. The summed E-state index contributed by atoms with van der Waals surface area (Å²) in [5, 5.41) is 11.1. The lowest BCUT2D eigenvalue weighted by molar-refractivity contribution is -0.385. The normalized spacial score (nSPS) is 11.2. The number of anilines is 1. The molecule has 0 atom stereocenters. The van der Waals surface area contributed by atoms with Gasteiger partial charge in [0.1, 0.15) is 0 Å². The number of hydrogen-bond donors (Lipinski definition) is 1. The van der Waals surface area contributed by atoms with E-state index < -0.39 is 14.9 Å². The number of nitrogens with one attached hydrogen (secondary N) is 1. The summed E-state index contributed by atoms with van der Waals surface area (Å²) in [5.74, 6) is 0.766. The lowest BCUT2D eigenvalue weighted by atomic mass is 10.1. The second kappa shape index (κ2) is 8.67. The number of nitro groups is 1. The quantitative estimate of drug-likeness (QED) is 0.313. The van der Waals surface area contributed by atoms with Gasteiger partial charge in [-0.05, 0) is 49.2 Å². The highest BCUT2D eigenvalue weighted by atomic mass is 32.2. The van der Waals surface area contributed by atoms with Crippen molar-refractivity contribution < 1.29 is 13.3 Å². The summed E-state index contributed by atoms with van der Waals surface area (Å²) in [4.78, 5) is 11.5. The zero-order valence-corrected chi connectivity index (χ0v) is 17.6. The largest absolute Gasteiger partial charge is 0.279 e. The molecular formula is C21H20N2O4S2. The summed E-state index contributed by atoms with van der Waals surface area (Å²) >= 11 is 1.70. The molecule has 0 aliphatic rings. The highest BCUT2D eigenvalue weighted by molar-refractivity contribution is 7.98. The van der Waals surface area contributed by atoms with Crippen molar-refractivity contribution in [3.63, 3.8) is 0 Å². The molecule has 0 spiro atoms. The van der Waals surface area contributed by atoms with Crippen molar-refractivity contribution in [2.24, 2.45) is 0 Å². The van der Waals surface area contributed by atoms with Crippen LogP contribution in [0.15, 0.2) is 76.5 Å². The van der Waals surface area contributed by atoms with Gasteiger partial charge in [0.25, 0.3) is 15.7 Å². The van der Waals surface area contributed by atoms with Crippen LogP contribution in [-0.4, -0.2) is 13.3 Å². The summed E-state index contributed by atoms with van der Waals surface area (Å²) in [7, 11) is -3.94. The third kappa shape index (κ3) is 5.16. The fourth-order valence-corrected chi connectivity index (χ4v) is 4.78. The molecule has 6 nitrogen and oxygen atoms in total.